The van der Waals surface area contributed by atoms with E-state index in [1.165, 1.54) is 0 Å². The molecule has 2 aromatic rings. The summed E-state index contributed by atoms with van der Waals surface area (Å²) in [5.74, 6) is 0.564. The van der Waals surface area contributed by atoms with Gasteiger partial charge in [-0.3, -0.25) is 4.79 Å². The largest absolute Gasteiger partial charge is 0.497 e. The van der Waals surface area contributed by atoms with Crippen LogP contribution in [0.2, 0.25) is 0 Å². The number of methoxy groups -OCH3 is 1. The molecule has 178 valence electrons. The van der Waals surface area contributed by atoms with Crippen LogP contribution in [0.4, 0.5) is 4.79 Å². The van der Waals surface area contributed by atoms with Crippen molar-refractivity contribution in [2.45, 2.75) is 44.7 Å². The third kappa shape index (κ3) is 6.71. The summed E-state index contributed by atoms with van der Waals surface area (Å²) in [6.07, 6.45) is 1.63. The van der Waals surface area contributed by atoms with Crippen molar-refractivity contribution in [2.24, 2.45) is 5.92 Å². The lowest BCUT2D eigenvalue weighted by molar-refractivity contribution is -0.124. The minimum atomic E-state index is -0.631. The van der Waals surface area contributed by atoms with Crippen LogP contribution in [-0.4, -0.2) is 44.8 Å². The highest BCUT2D eigenvalue weighted by Crippen LogP contribution is 2.35. The van der Waals surface area contributed by atoms with Gasteiger partial charge in [-0.25, -0.2) is 4.79 Å². The highest BCUT2D eigenvalue weighted by molar-refractivity contribution is 5.87. The zero-order valence-corrected chi connectivity index (χ0v) is 19.7. The summed E-state index contributed by atoms with van der Waals surface area (Å²) in [5, 5.41) is 8.78. The molecule has 3 rings (SSSR count). The molecule has 0 radical (unpaired) electrons. The molecule has 0 spiro atoms. The maximum atomic E-state index is 13.1. The van der Waals surface area contributed by atoms with E-state index in [1.54, 1.807) is 7.11 Å². The van der Waals surface area contributed by atoms with Crippen LogP contribution in [0.1, 0.15) is 37.8 Å². The van der Waals surface area contributed by atoms with Gasteiger partial charge in [-0.1, -0.05) is 56.3 Å². The van der Waals surface area contributed by atoms with Crippen LogP contribution in [0.3, 0.4) is 0 Å². The van der Waals surface area contributed by atoms with Crippen molar-refractivity contribution in [1.82, 2.24) is 16.0 Å². The Labute approximate surface area is 196 Å². The molecule has 0 aromatic heterocycles. The maximum absolute atomic E-state index is 13.1. The Morgan fingerprint density at radius 2 is 1.67 bits per heavy atom. The average Bonchev–Trinajstić information content (AvgIpc) is 2.85. The van der Waals surface area contributed by atoms with Crippen molar-refractivity contribution in [3.05, 3.63) is 65.7 Å². The van der Waals surface area contributed by atoms with Crippen molar-refractivity contribution in [1.29, 1.82) is 0 Å². The first-order chi connectivity index (χ1) is 15.9. The molecule has 1 aliphatic rings. The Morgan fingerprint density at radius 1 is 1.00 bits per heavy atom. The number of carbonyl (C=O) groups excluding carboxylic acids is 2. The lowest BCUT2D eigenvalue weighted by Gasteiger charge is -2.38. The van der Waals surface area contributed by atoms with Gasteiger partial charge in [0.2, 0.25) is 5.91 Å². The fourth-order valence-corrected chi connectivity index (χ4v) is 4.15. The van der Waals surface area contributed by atoms with E-state index < -0.39 is 6.04 Å². The van der Waals surface area contributed by atoms with Gasteiger partial charge >= 0.3 is 6.03 Å². The van der Waals surface area contributed by atoms with Crippen LogP contribution < -0.4 is 20.7 Å². The normalized spacial score (nSPS) is 16.0. The maximum Gasteiger partial charge on any atom is 0.315 e. The Hall–Kier alpha value is -3.06. The molecule has 0 saturated carbocycles. The first-order valence-corrected chi connectivity index (χ1v) is 11.5. The Morgan fingerprint density at radius 3 is 2.27 bits per heavy atom. The van der Waals surface area contributed by atoms with Crippen LogP contribution in [0.5, 0.6) is 5.75 Å². The van der Waals surface area contributed by atoms with E-state index in [1.807, 2.05) is 56.3 Å². The Kier molecular flexibility index (Phi) is 8.72. The smallest absolute Gasteiger partial charge is 0.315 e. The zero-order chi connectivity index (χ0) is 23.7. The minimum absolute atomic E-state index is 0.0564. The van der Waals surface area contributed by atoms with Crippen molar-refractivity contribution in [3.8, 4) is 5.75 Å². The standard InChI is InChI=1S/C26H35N3O4/c1-19(2)23(29-25(31)27-17-20-7-5-4-6-8-20)24(30)28-18-26(13-15-33-16-14-26)21-9-11-22(32-3)12-10-21/h4-12,19,23H,13-18H2,1-3H3,(H,28,30)(H2,27,29,31). The topological polar surface area (TPSA) is 88.7 Å². The van der Waals surface area contributed by atoms with Crippen LogP contribution >= 0.6 is 0 Å². The highest BCUT2D eigenvalue weighted by Gasteiger charge is 2.36. The van der Waals surface area contributed by atoms with Gasteiger partial charge in [-0.15, -0.1) is 0 Å². The second kappa shape index (κ2) is 11.7. The molecule has 1 saturated heterocycles. The van der Waals surface area contributed by atoms with E-state index in [0.717, 1.165) is 29.7 Å². The molecule has 1 heterocycles. The van der Waals surface area contributed by atoms with Crippen LogP contribution in [0, 0.1) is 5.92 Å². The number of ether oxygens (including phenoxy) is 2. The molecule has 1 atom stereocenters. The molecule has 1 aliphatic heterocycles. The summed E-state index contributed by atoms with van der Waals surface area (Å²) in [6.45, 7) is 6.04. The van der Waals surface area contributed by atoms with Gasteiger partial charge in [-0.2, -0.15) is 0 Å². The third-order valence-electron chi connectivity index (χ3n) is 6.28. The van der Waals surface area contributed by atoms with Gasteiger partial charge in [0, 0.05) is 31.7 Å². The molecule has 1 unspecified atom stereocenters. The van der Waals surface area contributed by atoms with E-state index in [9.17, 15) is 9.59 Å². The van der Waals surface area contributed by atoms with E-state index in [2.05, 4.69) is 28.1 Å². The molecule has 7 nitrogen and oxygen atoms in total. The Bertz CT molecular complexity index is 894. The third-order valence-corrected chi connectivity index (χ3v) is 6.28. The summed E-state index contributed by atoms with van der Waals surface area (Å²) in [5.41, 5.74) is 1.94. The van der Waals surface area contributed by atoms with Crippen molar-refractivity contribution in [3.63, 3.8) is 0 Å². The second-order valence-corrected chi connectivity index (χ2v) is 8.87. The fraction of sp³-hybridized carbons (Fsp3) is 0.462. The van der Waals surface area contributed by atoms with E-state index in [0.29, 0.717) is 26.3 Å². The molecular weight excluding hydrogens is 418 g/mol. The number of hydrogen-bond donors (Lipinski definition) is 3. The molecule has 0 aliphatic carbocycles. The lowest BCUT2D eigenvalue weighted by Crippen LogP contribution is -2.54. The second-order valence-electron chi connectivity index (χ2n) is 8.87. The molecule has 3 N–H and O–H groups in total. The molecule has 2 aromatic carbocycles. The molecule has 7 heteroatoms. The molecular formula is C26H35N3O4. The summed E-state index contributed by atoms with van der Waals surface area (Å²) in [7, 11) is 1.65. The van der Waals surface area contributed by atoms with E-state index in [4.69, 9.17) is 9.47 Å². The average molecular weight is 454 g/mol. The molecule has 3 amide bonds. The van der Waals surface area contributed by atoms with Crippen LogP contribution in [0.25, 0.3) is 0 Å². The number of benzene rings is 2. The van der Waals surface area contributed by atoms with Crippen LogP contribution in [0.15, 0.2) is 54.6 Å². The summed E-state index contributed by atoms with van der Waals surface area (Å²) < 4.78 is 10.9. The van der Waals surface area contributed by atoms with Gasteiger partial charge in [0.15, 0.2) is 0 Å². The zero-order valence-electron chi connectivity index (χ0n) is 19.7. The minimum Gasteiger partial charge on any atom is -0.497 e. The number of urea groups is 1. The predicted octanol–water partition coefficient (Wildman–Crippen LogP) is 3.38. The molecule has 33 heavy (non-hydrogen) atoms. The summed E-state index contributed by atoms with van der Waals surface area (Å²) >= 11 is 0. The van der Waals surface area contributed by atoms with Crippen LogP contribution in [-0.2, 0) is 21.5 Å². The number of amides is 3. The van der Waals surface area contributed by atoms with Crippen molar-refractivity contribution < 1.29 is 19.1 Å². The fourth-order valence-electron chi connectivity index (χ4n) is 4.15. The van der Waals surface area contributed by atoms with Gasteiger partial charge < -0.3 is 25.4 Å². The highest BCUT2D eigenvalue weighted by atomic mass is 16.5. The number of rotatable bonds is 9. The van der Waals surface area contributed by atoms with Gasteiger partial charge in [0.1, 0.15) is 11.8 Å². The van der Waals surface area contributed by atoms with Gasteiger partial charge in [0.25, 0.3) is 0 Å². The number of hydrogen-bond acceptors (Lipinski definition) is 4. The van der Waals surface area contributed by atoms with Crippen molar-refractivity contribution in [2.75, 3.05) is 26.9 Å². The number of nitrogens with one attached hydrogen (secondary N) is 3. The van der Waals surface area contributed by atoms with E-state index in [-0.39, 0.29) is 23.3 Å². The monoisotopic (exact) mass is 453 g/mol. The van der Waals surface area contributed by atoms with Gasteiger partial charge in [-0.05, 0) is 42.0 Å². The lowest BCUT2D eigenvalue weighted by atomic mass is 9.74. The number of carbonyl (C=O) groups is 2. The predicted molar refractivity (Wildman–Crippen MR) is 128 cm³/mol. The first kappa shape index (κ1) is 24.6. The summed E-state index contributed by atoms with van der Waals surface area (Å²) in [6, 6.07) is 16.7. The first-order valence-electron chi connectivity index (χ1n) is 11.5. The molecule has 1 fully saturated rings. The van der Waals surface area contributed by atoms with E-state index >= 15 is 0 Å². The van der Waals surface area contributed by atoms with Crippen molar-refractivity contribution >= 4 is 11.9 Å². The quantitative estimate of drug-likeness (QED) is 0.543. The van der Waals surface area contributed by atoms with Gasteiger partial charge in [0.05, 0.1) is 7.11 Å². The molecule has 0 bridgehead atoms. The SMILES string of the molecule is COc1ccc(C2(CNC(=O)C(NC(=O)NCc3ccccc3)C(C)C)CCOCC2)cc1. The Balaban J connectivity index is 1.62. The summed E-state index contributed by atoms with van der Waals surface area (Å²) in [4.78, 5) is 25.6.